The first-order valence-corrected chi connectivity index (χ1v) is 8.73. The molecule has 2 rings (SSSR count). The van der Waals surface area contributed by atoms with Gasteiger partial charge in [-0.05, 0) is 48.4 Å². The summed E-state index contributed by atoms with van der Waals surface area (Å²) in [6.07, 6.45) is 2.99. The molecule has 0 unspecified atom stereocenters. The van der Waals surface area contributed by atoms with Gasteiger partial charge in [-0.3, -0.25) is 14.4 Å². The predicted octanol–water partition coefficient (Wildman–Crippen LogP) is 2.05. The van der Waals surface area contributed by atoms with Crippen LogP contribution in [0.4, 0.5) is 4.39 Å². The Bertz CT molecular complexity index is 892. The highest BCUT2D eigenvalue weighted by molar-refractivity contribution is 5.95. The molecule has 0 saturated carbocycles. The molecule has 0 saturated heterocycles. The third-order valence-corrected chi connectivity index (χ3v) is 3.97. The Labute approximate surface area is 162 Å². The van der Waals surface area contributed by atoms with Crippen LogP contribution in [0.1, 0.15) is 31.8 Å². The summed E-state index contributed by atoms with van der Waals surface area (Å²) in [5.74, 6) is -1.33. The average Bonchev–Trinajstić information content (AvgIpc) is 2.71. The van der Waals surface area contributed by atoms with E-state index < -0.39 is 11.7 Å². The van der Waals surface area contributed by atoms with Gasteiger partial charge in [0.15, 0.2) is 0 Å². The van der Waals surface area contributed by atoms with Crippen LogP contribution >= 0.6 is 0 Å². The molecule has 6 nitrogen and oxygen atoms in total. The Morgan fingerprint density at radius 3 is 2.21 bits per heavy atom. The van der Waals surface area contributed by atoms with E-state index in [4.69, 9.17) is 0 Å². The van der Waals surface area contributed by atoms with Crippen LogP contribution in [0.25, 0.3) is 6.08 Å². The largest absolute Gasteiger partial charge is 0.355 e. The second-order valence-electron chi connectivity index (χ2n) is 6.05. The van der Waals surface area contributed by atoms with Gasteiger partial charge in [-0.2, -0.15) is 0 Å². The number of carbonyl (C=O) groups is 3. The number of rotatable bonds is 7. The summed E-state index contributed by atoms with van der Waals surface area (Å²) >= 11 is 0. The van der Waals surface area contributed by atoms with E-state index in [1.807, 2.05) is 0 Å². The number of hydrogen-bond donors (Lipinski definition) is 3. The minimum Gasteiger partial charge on any atom is -0.355 e. The van der Waals surface area contributed by atoms with Gasteiger partial charge in [-0.1, -0.05) is 18.2 Å². The summed E-state index contributed by atoms with van der Waals surface area (Å²) < 4.78 is 13.5. The molecular formula is C21H22FN3O3. The summed E-state index contributed by atoms with van der Waals surface area (Å²) in [6, 6.07) is 11.1. The molecule has 28 heavy (non-hydrogen) atoms. The Balaban J connectivity index is 1.74. The zero-order chi connectivity index (χ0) is 20.5. The van der Waals surface area contributed by atoms with E-state index in [1.165, 1.54) is 18.2 Å². The lowest BCUT2D eigenvalue weighted by atomic mass is 10.1. The molecule has 0 radical (unpaired) electrons. The van der Waals surface area contributed by atoms with E-state index >= 15 is 0 Å². The van der Waals surface area contributed by atoms with Crippen molar-refractivity contribution < 1.29 is 18.8 Å². The number of hydrogen-bond acceptors (Lipinski definition) is 3. The fourth-order valence-corrected chi connectivity index (χ4v) is 2.32. The molecule has 0 fully saturated rings. The van der Waals surface area contributed by atoms with Crippen molar-refractivity contribution in [3.05, 3.63) is 76.6 Å². The molecule has 0 heterocycles. The molecule has 0 aliphatic heterocycles. The second-order valence-corrected chi connectivity index (χ2v) is 6.05. The Kier molecular flexibility index (Phi) is 7.45. The lowest BCUT2D eigenvalue weighted by Gasteiger charge is -2.06. The topological polar surface area (TPSA) is 87.3 Å². The standard InChI is InChI=1S/C21H22FN3O3/c1-14-3-7-17(13-18(14)22)21(28)25-12-11-24-19(26)10-6-15-4-8-16(9-5-15)20(27)23-2/h3-10,13H,11-12H2,1-2H3,(H,23,27)(H,24,26)(H,25,28)/b10-6+. The fraction of sp³-hybridized carbons (Fsp3) is 0.190. The van der Waals surface area contributed by atoms with Crippen molar-refractivity contribution >= 4 is 23.8 Å². The van der Waals surface area contributed by atoms with Crippen LogP contribution in [0.15, 0.2) is 48.5 Å². The Hall–Kier alpha value is -3.48. The van der Waals surface area contributed by atoms with Gasteiger partial charge in [0.25, 0.3) is 11.8 Å². The maximum atomic E-state index is 13.5. The molecule has 3 amide bonds. The van der Waals surface area contributed by atoms with E-state index in [1.54, 1.807) is 50.4 Å². The van der Waals surface area contributed by atoms with Crippen molar-refractivity contribution in [2.45, 2.75) is 6.92 Å². The number of benzene rings is 2. The van der Waals surface area contributed by atoms with Gasteiger partial charge in [0.1, 0.15) is 5.82 Å². The number of nitrogens with one attached hydrogen (secondary N) is 3. The van der Waals surface area contributed by atoms with Crippen LogP contribution in [0.2, 0.25) is 0 Å². The smallest absolute Gasteiger partial charge is 0.251 e. The van der Waals surface area contributed by atoms with E-state index in [9.17, 15) is 18.8 Å². The minimum atomic E-state index is -0.436. The first-order valence-electron chi connectivity index (χ1n) is 8.73. The Morgan fingerprint density at radius 1 is 0.929 bits per heavy atom. The maximum Gasteiger partial charge on any atom is 0.251 e. The molecule has 2 aromatic rings. The quantitative estimate of drug-likeness (QED) is 0.505. The van der Waals surface area contributed by atoms with Crippen molar-refractivity contribution in [3.8, 4) is 0 Å². The number of amides is 3. The van der Waals surface area contributed by atoms with Crippen LogP contribution in [-0.2, 0) is 4.79 Å². The van der Waals surface area contributed by atoms with Crippen molar-refractivity contribution in [1.29, 1.82) is 0 Å². The van der Waals surface area contributed by atoms with E-state index in [0.29, 0.717) is 11.1 Å². The number of aryl methyl sites for hydroxylation is 1. The number of halogens is 1. The third-order valence-electron chi connectivity index (χ3n) is 3.97. The Morgan fingerprint density at radius 2 is 1.57 bits per heavy atom. The van der Waals surface area contributed by atoms with E-state index in [2.05, 4.69) is 16.0 Å². The van der Waals surface area contributed by atoms with Crippen LogP contribution in [0.3, 0.4) is 0 Å². The van der Waals surface area contributed by atoms with Crippen LogP contribution in [-0.4, -0.2) is 37.9 Å². The summed E-state index contributed by atoms with van der Waals surface area (Å²) in [5.41, 5.74) is 2.01. The van der Waals surface area contributed by atoms with Gasteiger partial charge in [-0.15, -0.1) is 0 Å². The zero-order valence-corrected chi connectivity index (χ0v) is 15.7. The first-order chi connectivity index (χ1) is 13.4. The minimum absolute atomic E-state index is 0.177. The maximum absolute atomic E-state index is 13.5. The molecule has 0 spiro atoms. The summed E-state index contributed by atoms with van der Waals surface area (Å²) in [6.45, 7) is 2.07. The van der Waals surface area contributed by atoms with Crippen molar-refractivity contribution in [2.75, 3.05) is 20.1 Å². The summed E-state index contributed by atoms with van der Waals surface area (Å²) in [4.78, 5) is 35.2. The molecule has 146 valence electrons. The average molecular weight is 383 g/mol. The molecule has 3 N–H and O–H groups in total. The highest BCUT2D eigenvalue weighted by Gasteiger charge is 2.07. The van der Waals surface area contributed by atoms with Gasteiger partial charge in [0.2, 0.25) is 5.91 Å². The highest BCUT2D eigenvalue weighted by Crippen LogP contribution is 2.09. The van der Waals surface area contributed by atoms with Gasteiger partial charge >= 0.3 is 0 Å². The molecule has 0 aromatic heterocycles. The fourth-order valence-electron chi connectivity index (χ4n) is 2.32. The summed E-state index contributed by atoms with van der Waals surface area (Å²) in [7, 11) is 1.56. The van der Waals surface area contributed by atoms with Gasteiger partial charge in [0, 0.05) is 37.3 Å². The monoisotopic (exact) mass is 383 g/mol. The molecule has 0 aliphatic carbocycles. The normalized spacial score (nSPS) is 10.5. The lowest BCUT2D eigenvalue weighted by Crippen LogP contribution is -2.34. The third kappa shape index (κ3) is 6.05. The molecule has 2 aromatic carbocycles. The molecule has 0 atom stereocenters. The molecule has 0 aliphatic rings. The van der Waals surface area contributed by atoms with Crippen LogP contribution in [0, 0.1) is 12.7 Å². The SMILES string of the molecule is CNC(=O)c1ccc(/C=C/C(=O)NCCNC(=O)c2ccc(C)c(F)c2)cc1. The first kappa shape index (κ1) is 20.8. The van der Waals surface area contributed by atoms with E-state index in [0.717, 1.165) is 5.56 Å². The van der Waals surface area contributed by atoms with Gasteiger partial charge in [0.05, 0.1) is 0 Å². The van der Waals surface area contributed by atoms with Gasteiger partial charge in [-0.25, -0.2) is 4.39 Å². The zero-order valence-electron chi connectivity index (χ0n) is 15.7. The molecule has 7 heteroatoms. The summed E-state index contributed by atoms with van der Waals surface area (Å²) in [5, 5.41) is 7.79. The van der Waals surface area contributed by atoms with Crippen LogP contribution in [0.5, 0.6) is 0 Å². The van der Waals surface area contributed by atoms with Crippen molar-refractivity contribution in [3.63, 3.8) is 0 Å². The molecular weight excluding hydrogens is 361 g/mol. The van der Waals surface area contributed by atoms with Crippen molar-refractivity contribution in [1.82, 2.24) is 16.0 Å². The van der Waals surface area contributed by atoms with Gasteiger partial charge < -0.3 is 16.0 Å². The van der Waals surface area contributed by atoms with Crippen LogP contribution < -0.4 is 16.0 Å². The van der Waals surface area contributed by atoms with Crippen molar-refractivity contribution in [2.24, 2.45) is 0 Å². The lowest BCUT2D eigenvalue weighted by molar-refractivity contribution is -0.116. The predicted molar refractivity (Wildman–Crippen MR) is 105 cm³/mol. The number of carbonyl (C=O) groups excluding carboxylic acids is 3. The molecule has 0 bridgehead atoms. The second kappa shape index (κ2) is 10.0. The van der Waals surface area contributed by atoms with E-state index in [-0.39, 0.29) is 30.5 Å². The highest BCUT2D eigenvalue weighted by atomic mass is 19.1.